The number of amides is 1. The molecule has 0 atom stereocenters. The third-order valence-corrected chi connectivity index (χ3v) is 8.03. The van der Waals surface area contributed by atoms with Crippen LogP contribution in [0.1, 0.15) is 18.4 Å². The molecule has 1 aliphatic rings. The minimum Gasteiger partial charge on any atom is -0.355 e. The number of hydrogen-bond donors (Lipinski definition) is 1. The van der Waals surface area contributed by atoms with Crippen molar-refractivity contribution in [3.8, 4) is 0 Å². The van der Waals surface area contributed by atoms with Crippen molar-refractivity contribution in [3.63, 3.8) is 0 Å². The molecule has 0 unspecified atom stereocenters. The molecule has 0 spiro atoms. The van der Waals surface area contributed by atoms with Crippen LogP contribution < -0.4 is 9.62 Å². The maximum Gasteiger partial charge on any atom is 0.265 e. The summed E-state index contributed by atoms with van der Waals surface area (Å²) in [4.78, 5) is 13.7. The van der Waals surface area contributed by atoms with Crippen LogP contribution in [-0.2, 0) is 14.8 Å². The zero-order valence-electron chi connectivity index (χ0n) is 16.8. The Morgan fingerprint density at radius 1 is 1.03 bits per heavy atom. The minimum absolute atomic E-state index is 0.0492. The van der Waals surface area contributed by atoms with Gasteiger partial charge in [0.05, 0.1) is 10.6 Å². The summed E-state index contributed by atoms with van der Waals surface area (Å²) in [6.45, 7) is 2.94. The summed E-state index contributed by atoms with van der Waals surface area (Å²) < 4.78 is 27.3. The van der Waals surface area contributed by atoms with E-state index in [4.69, 9.17) is 0 Å². The first-order valence-corrected chi connectivity index (χ1v) is 12.4. The first kappa shape index (κ1) is 20.8. The Kier molecular flexibility index (Phi) is 6.01. The normalized spacial score (nSPS) is 14.2. The molecule has 1 aliphatic heterocycles. The van der Waals surface area contributed by atoms with Crippen LogP contribution in [-0.4, -0.2) is 33.2 Å². The predicted octanol–water partition coefficient (Wildman–Crippen LogP) is 4.35. The van der Waals surface area contributed by atoms with Crippen molar-refractivity contribution in [2.24, 2.45) is 0 Å². The quantitative estimate of drug-likeness (QED) is 0.418. The minimum atomic E-state index is -3.55. The molecule has 30 heavy (non-hydrogen) atoms. The number of benzene rings is 3. The van der Waals surface area contributed by atoms with Crippen LogP contribution >= 0.6 is 11.8 Å². The Bertz CT molecular complexity index is 1170. The van der Waals surface area contributed by atoms with Gasteiger partial charge in [-0.15, -0.1) is 11.8 Å². The Morgan fingerprint density at radius 3 is 2.53 bits per heavy atom. The van der Waals surface area contributed by atoms with Crippen LogP contribution in [0, 0.1) is 6.92 Å². The van der Waals surface area contributed by atoms with Crippen LogP contribution in [0.3, 0.4) is 0 Å². The standard InChI is InChI=1S/C23H24N2O3S2/c1-17-10-12-19(13-11-17)29-16-14-24-22(26)9-4-15-25-20-7-2-5-18-6-3-8-21(23(18)20)30(25,27)28/h2-3,5-8,10-13H,4,9,14-16H2,1H3,(H,24,26). The van der Waals surface area contributed by atoms with Gasteiger partial charge in [-0.1, -0.05) is 42.0 Å². The lowest BCUT2D eigenvalue weighted by Gasteiger charge is -2.18. The van der Waals surface area contributed by atoms with Gasteiger partial charge in [-0.05, 0) is 43.0 Å². The Labute approximate surface area is 181 Å². The molecule has 7 heteroatoms. The van der Waals surface area contributed by atoms with Crippen molar-refractivity contribution < 1.29 is 13.2 Å². The maximum atomic E-state index is 12.9. The molecule has 3 aromatic rings. The molecule has 1 N–H and O–H groups in total. The summed E-state index contributed by atoms with van der Waals surface area (Å²) in [6, 6.07) is 19.3. The van der Waals surface area contributed by atoms with Crippen LogP contribution in [0.25, 0.3) is 10.8 Å². The molecule has 1 heterocycles. The zero-order chi connectivity index (χ0) is 21.1. The van der Waals surface area contributed by atoms with Gasteiger partial charge < -0.3 is 5.32 Å². The van der Waals surface area contributed by atoms with Crippen molar-refractivity contribution in [2.75, 3.05) is 23.1 Å². The highest BCUT2D eigenvalue weighted by Gasteiger charge is 2.34. The lowest BCUT2D eigenvalue weighted by molar-refractivity contribution is -0.121. The molecule has 0 radical (unpaired) electrons. The Morgan fingerprint density at radius 2 is 1.77 bits per heavy atom. The van der Waals surface area contributed by atoms with Crippen LogP contribution in [0.15, 0.2) is 70.5 Å². The van der Waals surface area contributed by atoms with Gasteiger partial charge in [-0.3, -0.25) is 9.10 Å². The third-order valence-electron chi connectivity index (χ3n) is 5.16. The molecule has 4 rings (SSSR count). The van der Waals surface area contributed by atoms with E-state index in [1.807, 2.05) is 24.3 Å². The number of nitrogens with zero attached hydrogens (tertiary/aromatic N) is 1. The molecule has 3 aromatic carbocycles. The topological polar surface area (TPSA) is 66.5 Å². The molecule has 0 aromatic heterocycles. The van der Waals surface area contributed by atoms with Gasteiger partial charge in [0, 0.05) is 35.5 Å². The Balaban J connectivity index is 1.27. The van der Waals surface area contributed by atoms with E-state index in [1.54, 1.807) is 23.9 Å². The van der Waals surface area contributed by atoms with Crippen molar-refractivity contribution in [1.29, 1.82) is 0 Å². The summed E-state index contributed by atoms with van der Waals surface area (Å²) >= 11 is 1.70. The number of nitrogens with one attached hydrogen (secondary N) is 1. The maximum absolute atomic E-state index is 12.9. The fourth-order valence-electron chi connectivity index (χ4n) is 3.66. The highest BCUT2D eigenvalue weighted by Crippen LogP contribution is 2.41. The first-order valence-electron chi connectivity index (χ1n) is 9.97. The number of sulfonamides is 1. The zero-order valence-corrected chi connectivity index (χ0v) is 18.4. The number of carbonyl (C=O) groups is 1. The number of thioether (sulfide) groups is 1. The second-order valence-corrected chi connectivity index (χ2v) is 10.3. The van der Waals surface area contributed by atoms with Crippen molar-refractivity contribution in [2.45, 2.75) is 29.6 Å². The molecular formula is C23H24N2O3S2. The van der Waals surface area contributed by atoms with E-state index in [1.165, 1.54) is 14.8 Å². The van der Waals surface area contributed by atoms with Gasteiger partial charge in [-0.25, -0.2) is 8.42 Å². The lowest BCUT2D eigenvalue weighted by atomic mass is 10.1. The van der Waals surface area contributed by atoms with Crippen LogP contribution in [0.2, 0.25) is 0 Å². The van der Waals surface area contributed by atoms with E-state index in [0.717, 1.165) is 16.5 Å². The molecule has 0 bridgehead atoms. The van der Waals surface area contributed by atoms with Crippen LogP contribution in [0.4, 0.5) is 5.69 Å². The van der Waals surface area contributed by atoms with E-state index < -0.39 is 10.0 Å². The number of aryl methyl sites for hydroxylation is 1. The average molecular weight is 441 g/mol. The number of carbonyl (C=O) groups excluding carboxylic acids is 1. The fourth-order valence-corrected chi connectivity index (χ4v) is 6.18. The summed E-state index contributed by atoms with van der Waals surface area (Å²) in [7, 11) is -3.55. The number of anilines is 1. The van der Waals surface area contributed by atoms with E-state index in [9.17, 15) is 13.2 Å². The number of hydrogen-bond acceptors (Lipinski definition) is 4. The van der Waals surface area contributed by atoms with Crippen LogP contribution in [0.5, 0.6) is 0 Å². The second-order valence-electron chi connectivity index (χ2n) is 7.32. The first-order chi connectivity index (χ1) is 14.5. The van der Waals surface area contributed by atoms with E-state index in [2.05, 4.69) is 36.5 Å². The van der Waals surface area contributed by atoms with Gasteiger partial charge in [0.15, 0.2) is 0 Å². The Hall–Kier alpha value is -2.51. The van der Waals surface area contributed by atoms with Crippen molar-refractivity contribution >= 4 is 44.2 Å². The highest BCUT2D eigenvalue weighted by atomic mass is 32.2. The van der Waals surface area contributed by atoms with Gasteiger partial charge in [0.25, 0.3) is 10.0 Å². The molecule has 1 amide bonds. The number of rotatable bonds is 8. The van der Waals surface area contributed by atoms with Crippen molar-refractivity contribution in [3.05, 3.63) is 66.2 Å². The monoisotopic (exact) mass is 440 g/mol. The van der Waals surface area contributed by atoms with Gasteiger partial charge in [0.2, 0.25) is 5.91 Å². The molecular weight excluding hydrogens is 416 g/mol. The highest BCUT2D eigenvalue weighted by molar-refractivity contribution is 7.99. The summed E-state index contributed by atoms with van der Waals surface area (Å²) in [6.07, 6.45) is 0.772. The lowest BCUT2D eigenvalue weighted by Crippen LogP contribution is -2.30. The SMILES string of the molecule is Cc1ccc(SCCNC(=O)CCCN2c3cccc4cccc(c34)S2(=O)=O)cc1. The van der Waals surface area contributed by atoms with Gasteiger partial charge >= 0.3 is 0 Å². The fraction of sp³-hybridized carbons (Fsp3) is 0.261. The molecule has 0 aliphatic carbocycles. The second kappa shape index (κ2) is 8.70. The molecule has 156 valence electrons. The third kappa shape index (κ3) is 4.18. The average Bonchev–Trinajstić information content (AvgIpc) is 2.96. The van der Waals surface area contributed by atoms with E-state index in [-0.39, 0.29) is 5.91 Å². The summed E-state index contributed by atoms with van der Waals surface area (Å²) in [5.74, 6) is 0.749. The van der Waals surface area contributed by atoms with Gasteiger partial charge in [0.1, 0.15) is 0 Å². The molecule has 0 fully saturated rings. The molecule has 5 nitrogen and oxygen atoms in total. The summed E-state index contributed by atoms with van der Waals surface area (Å²) in [5, 5.41) is 4.61. The molecule has 0 saturated heterocycles. The van der Waals surface area contributed by atoms with E-state index in [0.29, 0.717) is 36.5 Å². The largest absolute Gasteiger partial charge is 0.355 e. The summed E-state index contributed by atoms with van der Waals surface area (Å²) in [5.41, 5.74) is 1.94. The smallest absolute Gasteiger partial charge is 0.265 e. The van der Waals surface area contributed by atoms with Crippen molar-refractivity contribution in [1.82, 2.24) is 5.32 Å². The molecule has 0 saturated carbocycles. The predicted molar refractivity (Wildman–Crippen MR) is 123 cm³/mol. The van der Waals surface area contributed by atoms with E-state index >= 15 is 0 Å². The van der Waals surface area contributed by atoms with Gasteiger partial charge in [-0.2, -0.15) is 0 Å².